The average molecular weight is 493 g/mol. The van der Waals surface area contributed by atoms with Gasteiger partial charge in [0.1, 0.15) is 17.1 Å². The number of Topliss-reactive ketones (excluding diaryl/α,β-unsaturated/α-hetero) is 1. The molecule has 2 fully saturated rings. The maximum atomic E-state index is 14.1. The van der Waals surface area contributed by atoms with E-state index in [0.29, 0.717) is 37.2 Å². The molecule has 8 heteroatoms. The topological polar surface area (TPSA) is 97.9 Å². The number of carbonyl (C=O) groups is 2. The molecule has 1 saturated heterocycles. The highest BCUT2D eigenvalue weighted by Gasteiger charge is 2.54. The van der Waals surface area contributed by atoms with Crippen LogP contribution < -0.4 is 5.73 Å². The van der Waals surface area contributed by atoms with E-state index in [-0.39, 0.29) is 24.1 Å². The Balaban J connectivity index is 1.73. The first-order valence-corrected chi connectivity index (χ1v) is 12.2. The van der Waals surface area contributed by atoms with Crippen molar-refractivity contribution in [3.8, 4) is 0 Å². The van der Waals surface area contributed by atoms with Crippen LogP contribution in [0, 0.1) is 24.1 Å². The van der Waals surface area contributed by atoms with Crippen molar-refractivity contribution in [3.63, 3.8) is 0 Å². The lowest BCUT2D eigenvalue weighted by Crippen LogP contribution is -2.58. The van der Waals surface area contributed by atoms with Crippen LogP contribution in [0.15, 0.2) is 59.4 Å². The van der Waals surface area contributed by atoms with Gasteiger partial charge in [-0.25, -0.2) is 9.18 Å². The lowest BCUT2D eigenvalue weighted by Gasteiger charge is -2.50. The zero-order chi connectivity index (χ0) is 26.1. The molecule has 0 spiro atoms. The molecule has 2 unspecified atom stereocenters. The summed E-state index contributed by atoms with van der Waals surface area (Å²) >= 11 is 0. The van der Waals surface area contributed by atoms with Crippen molar-refractivity contribution in [2.24, 2.45) is 22.1 Å². The molecule has 1 amide bonds. The van der Waals surface area contributed by atoms with Crippen molar-refractivity contribution < 1.29 is 18.7 Å². The quantitative estimate of drug-likeness (QED) is 0.582. The number of aryl methyl sites for hydroxylation is 1. The Bertz CT molecular complexity index is 1220. The summed E-state index contributed by atoms with van der Waals surface area (Å²) in [7, 11) is 0. The number of nitrogens with zero attached hydrogens (tertiary/aromatic N) is 3. The van der Waals surface area contributed by atoms with Gasteiger partial charge in [0, 0.05) is 25.0 Å². The van der Waals surface area contributed by atoms with E-state index < -0.39 is 17.1 Å². The van der Waals surface area contributed by atoms with Crippen LogP contribution in [0.5, 0.6) is 0 Å². The Labute approximate surface area is 211 Å². The smallest absolute Gasteiger partial charge is 0.410 e. The molecule has 2 aromatic rings. The van der Waals surface area contributed by atoms with Crippen LogP contribution in [0.2, 0.25) is 0 Å². The van der Waals surface area contributed by atoms with Gasteiger partial charge in [0.25, 0.3) is 0 Å². The van der Waals surface area contributed by atoms with E-state index in [1.165, 1.54) is 18.3 Å². The van der Waals surface area contributed by atoms with E-state index in [9.17, 15) is 14.0 Å². The number of aliphatic imine (C=N–C) groups is 1. The van der Waals surface area contributed by atoms with Crippen molar-refractivity contribution in [1.29, 1.82) is 0 Å². The number of aromatic nitrogens is 1. The molecule has 2 heterocycles. The summed E-state index contributed by atoms with van der Waals surface area (Å²) in [6, 6.07) is 9.60. The van der Waals surface area contributed by atoms with Crippen molar-refractivity contribution in [3.05, 3.63) is 71.4 Å². The largest absolute Gasteiger partial charge is 0.444 e. The molecule has 4 rings (SSSR count). The summed E-state index contributed by atoms with van der Waals surface area (Å²) in [5, 5.41) is 0. The van der Waals surface area contributed by atoms with Crippen LogP contribution >= 0.6 is 0 Å². The molecule has 1 aromatic carbocycles. The number of benzene rings is 1. The lowest BCUT2D eigenvalue weighted by molar-refractivity contribution is -0.00832. The molecule has 0 radical (unpaired) electrons. The Kier molecular flexibility index (Phi) is 6.98. The molecule has 2 atom stereocenters. The first-order valence-electron chi connectivity index (χ1n) is 12.2. The maximum absolute atomic E-state index is 14.1. The van der Waals surface area contributed by atoms with Gasteiger partial charge in [0.05, 0.1) is 11.1 Å². The number of hydrogen-bond donors (Lipinski definition) is 1. The number of hydrogen-bond acceptors (Lipinski definition) is 6. The first-order chi connectivity index (χ1) is 17.0. The molecule has 2 N–H and O–H groups in total. The molecule has 0 bridgehead atoms. The van der Waals surface area contributed by atoms with Gasteiger partial charge in [-0.2, -0.15) is 0 Å². The minimum Gasteiger partial charge on any atom is -0.444 e. The van der Waals surface area contributed by atoms with Gasteiger partial charge >= 0.3 is 6.09 Å². The van der Waals surface area contributed by atoms with E-state index in [1.807, 2.05) is 33.8 Å². The predicted octanol–water partition coefficient (Wildman–Crippen LogP) is 5.36. The van der Waals surface area contributed by atoms with Crippen LogP contribution in [-0.2, 0) is 4.74 Å². The Morgan fingerprint density at radius 2 is 1.97 bits per heavy atom. The van der Waals surface area contributed by atoms with Gasteiger partial charge in [0.2, 0.25) is 0 Å². The highest BCUT2D eigenvalue weighted by molar-refractivity contribution is 6.07. The van der Waals surface area contributed by atoms with Crippen LogP contribution in [0.3, 0.4) is 0 Å². The van der Waals surface area contributed by atoms with Gasteiger partial charge in [-0.05, 0) is 107 Å². The summed E-state index contributed by atoms with van der Waals surface area (Å²) in [6.45, 7) is 8.07. The molecule has 1 saturated carbocycles. The average Bonchev–Trinajstić information content (AvgIpc) is 2.83. The first kappa shape index (κ1) is 25.5. The van der Waals surface area contributed by atoms with E-state index in [0.717, 1.165) is 16.8 Å². The number of halogens is 1. The van der Waals surface area contributed by atoms with E-state index in [4.69, 9.17) is 15.5 Å². The summed E-state index contributed by atoms with van der Waals surface area (Å²) in [5.74, 6) is -0.513. The molecule has 7 nitrogen and oxygen atoms in total. The zero-order valence-electron chi connectivity index (χ0n) is 21.3. The number of nitrogens with two attached hydrogens (primary N) is 1. The Morgan fingerprint density at radius 3 is 2.61 bits per heavy atom. The van der Waals surface area contributed by atoms with Gasteiger partial charge in [-0.3, -0.25) is 14.8 Å². The number of ketones is 1. The SMILES string of the molecule is Cc1ccnc(C(=O)C23CC(=CN)C(=Nc4ccc(F)cc4)CC2CCN(C(=O)OC(C)(C)C)C3)c1. The molecule has 1 aliphatic carbocycles. The number of carbonyl (C=O) groups excluding carboxylic acids is 2. The molecule has 1 aromatic heterocycles. The van der Waals surface area contributed by atoms with Crippen molar-refractivity contribution in [2.45, 2.75) is 52.6 Å². The number of ether oxygens (including phenoxy) is 1. The van der Waals surface area contributed by atoms with Crippen LogP contribution in [0.25, 0.3) is 0 Å². The third-order valence-electron chi connectivity index (χ3n) is 6.86. The van der Waals surface area contributed by atoms with E-state index >= 15 is 0 Å². The second kappa shape index (κ2) is 9.84. The van der Waals surface area contributed by atoms with E-state index in [1.54, 1.807) is 29.3 Å². The molecular formula is C28H33FN4O3. The highest BCUT2D eigenvalue weighted by atomic mass is 19.1. The fourth-order valence-electron chi connectivity index (χ4n) is 5.12. The van der Waals surface area contributed by atoms with Gasteiger partial charge < -0.3 is 15.4 Å². The maximum Gasteiger partial charge on any atom is 0.410 e. The minimum absolute atomic E-state index is 0.0751. The fourth-order valence-corrected chi connectivity index (χ4v) is 5.12. The van der Waals surface area contributed by atoms with Gasteiger partial charge in [0.15, 0.2) is 5.78 Å². The number of piperidine rings is 1. The van der Waals surface area contributed by atoms with E-state index in [2.05, 4.69) is 4.98 Å². The molecule has 2 aliphatic rings. The molecular weight excluding hydrogens is 459 g/mol. The highest BCUT2D eigenvalue weighted by Crippen LogP contribution is 2.49. The summed E-state index contributed by atoms with van der Waals surface area (Å²) in [6.07, 6.45) is 4.13. The van der Waals surface area contributed by atoms with Crippen molar-refractivity contribution in [1.82, 2.24) is 9.88 Å². The predicted molar refractivity (Wildman–Crippen MR) is 137 cm³/mol. The summed E-state index contributed by atoms with van der Waals surface area (Å²) in [5.41, 5.74) is 7.95. The zero-order valence-corrected chi connectivity index (χ0v) is 21.3. The Hall–Kier alpha value is -3.55. The number of rotatable bonds is 3. The lowest BCUT2D eigenvalue weighted by atomic mass is 9.58. The number of amides is 1. The number of fused-ring (bicyclic) bond motifs is 1. The van der Waals surface area contributed by atoms with Crippen molar-refractivity contribution >= 4 is 23.3 Å². The van der Waals surface area contributed by atoms with Crippen LogP contribution in [0.4, 0.5) is 14.9 Å². The summed E-state index contributed by atoms with van der Waals surface area (Å²) in [4.78, 5) is 37.9. The number of allylic oxidation sites excluding steroid dienone is 1. The van der Waals surface area contributed by atoms with Crippen LogP contribution in [-0.4, -0.2) is 46.2 Å². The normalized spacial score (nSPS) is 24.5. The monoisotopic (exact) mass is 492 g/mol. The third kappa shape index (κ3) is 5.32. The second-order valence-electron chi connectivity index (χ2n) is 10.7. The third-order valence-corrected chi connectivity index (χ3v) is 6.86. The van der Waals surface area contributed by atoms with Gasteiger partial charge in [-0.15, -0.1) is 0 Å². The second-order valence-corrected chi connectivity index (χ2v) is 10.7. The molecule has 36 heavy (non-hydrogen) atoms. The number of likely N-dealkylation sites (tertiary alicyclic amines) is 1. The summed E-state index contributed by atoms with van der Waals surface area (Å²) < 4.78 is 19.0. The molecule has 190 valence electrons. The standard InChI is InChI=1S/C28H33FN4O3/c1-18-9-11-31-24(13-18)25(34)28-15-19(16-30)23(32-22-7-5-21(29)6-8-22)14-20(28)10-12-33(17-28)26(35)36-27(2,3)4/h5-9,11,13,16,20H,10,12,14-15,17,30H2,1-4H3. The van der Waals surface area contributed by atoms with Crippen molar-refractivity contribution in [2.75, 3.05) is 13.1 Å². The molecule has 1 aliphatic heterocycles. The Morgan fingerprint density at radius 1 is 1.25 bits per heavy atom. The fraction of sp³-hybridized carbons (Fsp3) is 0.429. The van der Waals surface area contributed by atoms with Crippen LogP contribution in [0.1, 0.15) is 56.1 Å². The minimum atomic E-state index is -0.914. The number of pyridine rings is 1. The van der Waals surface area contributed by atoms with Gasteiger partial charge in [-0.1, -0.05) is 0 Å².